The number of fused-ring (bicyclic) bond motifs is 1. The molecule has 1 aromatic heterocycles. The first kappa shape index (κ1) is 21.2. The Balaban J connectivity index is 1.41. The van der Waals surface area contributed by atoms with Crippen LogP contribution in [0.4, 0.5) is 4.79 Å². The Morgan fingerprint density at radius 2 is 2.17 bits per heavy atom. The van der Waals surface area contributed by atoms with Gasteiger partial charge in [-0.2, -0.15) is 0 Å². The van der Waals surface area contributed by atoms with Crippen LogP contribution in [-0.4, -0.2) is 33.6 Å². The zero-order valence-corrected chi connectivity index (χ0v) is 17.4. The Morgan fingerprint density at radius 3 is 2.93 bits per heavy atom. The van der Waals surface area contributed by atoms with Gasteiger partial charge in [-0.25, -0.2) is 14.8 Å². The molecule has 2 heterocycles. The maximum Gasteiger partial charge on any atom is 0.407 e. The molecule has 0 radical (unpaired) electrons. The Labute approximate surface area is 176 Å². The van der Waals surface area contributed by atoms with Crippen molar-refractivity contribution < 1.29 is 9.53 Å². The molecule has 156 valence electrons. The minimum Gasteiger partial charge on any atom is -0.450 e. The van der Waals surface area contributed by atoms with Crippen molar-refractivity contribution in [1.82, 2.24) is 14.9 Å². The van der Waals surface area contributed by atoms with Crippen LogP contribution in [0.3, 0.4) is 0 Å². The lowest BCUT2D eigenvalue weighted by atomic mass is 10.0. The molecule has 8 heteroatoms. The van der Waals surface area contributed by atoms with E-state index in [1.54, 1.807) is 6.33 Å². The van der Waals surface area contributed by atoms with Gasteiger partial charge >= 0.3 is 6.09 Å². The van der Waals surface area contributed by atoms with Gasteiger partial charge in [0.15, 0.2) is 0 Å². The van der Waals surface area contributed by atoms with E-state index >= 15 is 0 Å². The van der Waals surface area contributed by atoms with Crippen molar-refractivity contribution >= 4 is 23.5 Å². The monoisotopic (exact) mass is 417 g/mol. The number of aryl methyl sites for hydroxylation is 1. The molecule has 0 spiro atoms. The van der Waals surface area contributed by atoms with Crippen LogP contribution in [0, 0.1) is 0 Å². The Morgan fingerprint density at radius 1 is 1.38 bits per heavy atom. The van der Waals surface area contributed by atoms with Crippen LogP contribution in [0.1, 0.15) is 55.6 Å². The van der Waals surface area contributed by atoms with E-state index < -0.39 is 0 Å². The average Bonchev–Trinajstić information content (AvgIpc) is 3.11. The number of hydrogen-bond acceptors (Lipinski definition) is 5. The largest absolute Gasteiger partial charge is 0.450 e. The maximum atomic E-state index is 12.2. The maximum absolute atomic E-state index is 12.2. The second kappa shape index (κ2) is 10.3. The van der Waals surface area contributed by atoms with Crippen LogP contribution in [0.2, 0.25) is 0 Å². The van der Waals surface area contributed by atoms with E-state index in [-0.39, 0.29) is 17.6 Å². The molecule has 2 unspecified atom stereocenters. The van der Waals surface area contributed by atoms with Gasteiger partial charge in [-0.05, 0) is 24.8 Å². The van der Waals surface area contributed by atoms with E-state index in [0.717, 1.165) is 49.2 Å². The molecule has 3 N–H and O–H groups in total. The van der Waals surface area contributed by atoms with Crippen molar-refractivity contribution in [1.29, 1.82) is 0 Å². The van der Waals surface area contributed by atoms with Crippen molar-refractivity contribution in [3.63, 3.8) is 0 Å². The number of amidine groups is 1. The van der Waals surface area contributed by atoms with E-state index in [1.165, 1.54) is 0 Å². The summed E-state index contributed by atoms with van der Waals surface area (Å²) in [6, 6.07) is 9.94. The number of imidazole rings is 1. The Bertz CT molecular complexity index is 837. The number of ether oxygens (including phenoxy) is 1. The van der Waals surface area contributed by atoms with Crippen molar-refractivity contribution in [3.8, 4) is 0 Å². The number of aliphatic imine (C=N–C) groups is 1. The molecule has 1 amide bonds. The van der Waals surface area contributed by atoms with Gasteiger partial charge in [-0.15, -0.1) is 0 Å². The lowest BCUT2D eigenvalue weighted by Crippen LogP contribution is -2.29. The number of nitrogens with one attached hydrogen (secondary N) is 1. The number of benzene rings is 1. The quantitative estimate of drug-likeness (QED) is 0.369. The van der Waals surface area contributed by atoms with Crippen LogP contribution in [0.5, 0.6) is 0 Å². The molecule has 0 saturated heterocycles. The Kier molecular flexibility index (Phi) is 7.52. The van der Waals surface area contributed by atoms with E-state index in [9.17, 15) is 4.79 Å². The molecule has 0 bridgehead atoms. The zero-order chi connectivity index (χ0) is 20.6. The first-order valence-electron chi connectivity index (χ1n) is 10.1. The number of rotatable bonds is 9. The topological polar surface area (TPSA) is 94.5 Å². The first-order chi connectivity index (χ1) is 14.1. The van der Waals surface area contributed by atoms with Crippen molar-refractivity contribution in [3.05, 3.63) is 53.6 Å². The molecule has 0 saturated carbocycles. The number of aromatic nitrogens is 2. The highest BCUT2D eigenvalue weighted by atomic mass is 35.5. The summed E-state index contributed by atoms with van der Waals surface area (Å²) in [6.45, 7) is 3.24. The van der Waals surface area contributed by atoms with Crippen LogP contribution < -0.4 is 11.1 Å². The van der Waals surface area contributed by atoms with Crippen LogP contribution >= 0.6 is 11.6 Å². The lowest BCUT2D eigenvalue weighted by Gasteiger charge is -2.18. The number of nitrogens with two attached hydrogens (primary N) is 1. The molecular weight excluding hydrogens is 390 g/mol. The minimum atomic E-state index is -0.374. The van der Waals surface area contributed by atoms with Gasteiger partial charge < -0.3 is 20.4 Å². The molecule has 2 atom stereocenters. The number of hydrogen-bond donors (Lipinski definition) is 2. The standard InChI is InChI=1S/C21H28ClN5O2/c1-2-8-16(15-9-4-3-5-10-15)25-21(28)29-12-7-6-11-27-14-24-19-17(27)13-18(22)26-20(19)23/h3-5,9-10,14,16,18H,2,6-8,11-13H2,1H3,(H2,23,26)(H,25,28). The predicted octanol–water partition coefficient (Wildman–Crippen LogP) is 3.76. The summed E-state index contributed by atoms with van der Waals surface area (Å²) in [7, 11) is 0. The third-order valence-corrected chi connectivity index (χ3v) is 5.18. The van der Waals surface area contributed by atoms with Crippen molar-refractivity contribution in [2.24, 2.45) is 10.7 Å². The predicted molar refractivity (Wildman–Crippen MR) is 114 cm³/mol. The number of carbonyl (C=O) groups excluding carboxylic acids is 1. The second-order valence-corrected chi connectivity index (χ2v) is 7.63. The Hall–Kier alpha value is -2.54. The first-order valence-corrected chi connectivity index (χ1v) is 10.5. The van der Waals surface area contributed by atoms with Gasteiger partial charge in [0.1, 0.15) is 17.0 Å². The van der Waals surface area contributed by atoms with Crippen molar-refractivity contribution in [2.45, 2.75) is 57.1 Å². The number of amides is 1. The fourth-order valence-electron chi connectivity index (χ4n) is 3.47. The SMILES string of the molecule is CCCC(NC(=O)OCCCCn1cnc2c1CC(Cl)N=C2N)c1ccccc1. The highest BCUT2D eigenvalue weighted by Crippen LogP contribution is 2.20. The summed E-state index contributed by atoms with van der Waals surface area (Å²) in [5.74, 6) is 0.394. The summed E-state index contributed by atoms with van der Waals surface area (Å²) in [5, 5.41) is 2.97. The smallest absolute Gasteiger partial charge is 0.407 e. The summed E-state index contributed by atoms with van der Waals surface area (Å²) < 4.78 is 7.43. The van der Waals surface area contributed by atoms with E-state index in [1.807, 2.05) is 30.3 Å². The third kappa shape index (κ3) is 5.73. The summed E-state index contributed by atoms with van der Waals surface area (Å²) in [6.07, 6.45) is 5.49. The minimum absolute atomic E-state index is 0.0261. The summed E-state index contributed by atoms with van der Waals surface area (Å²) >= 11 is 6.12. The van der Waals surface area contributed by atoms with Crippen LogP contribution in [0.25, 0.3) is 0 Å². The summed E-state index contributed by atoms with van der Waals surface area (Å²) in [4.78, 5) is 20.6. The van der Waals surface area contributed by atoms with Crippen LogP contribution in [0.15, 0.2) is 41.7 Å². The van der Waals surface area contributed by atoms with E-state index in [2.05, 4.69) is 26.8 Å². The van der Waals surface area contributed by atoms with Gasteiger partial charge in [-0.3, -0.25) is 0 Å². The number of nitrogens with zero attached hydrogens (tertiary/aromatic N) is 3. The molecular formula is C21H28ClN5O2. The number of halogens is 1. The lowest BCUT2D eigenvalue weighted by molar-refractivity contribution is 0.139. The molecule has 1 aromatic carbocycles. The average molecular weight is 418 g/mol. The normalized spacial score (nSPS) is 16.6. The number of alkyl halides is 1. The highest BCUT2D eigenvalue weighted by molar-refractivity contribution is 6.22. The van der Waals surface area contributed by atoms with Crippen molar-refractivity contribution in [2.75, 3.05) is 6.61 Å². The molecule has 29 heavy (non-hydrogen) atoms. The number of alkyl carbamates (subject to hydrolysis) is 1. The fourth-order valence-corrected chi connectivity index (χ4v) is 3.73. The zero-order valence-electron chi connectivity index (χ0n) is 16.7. The second-order valence-electron chi connectivity index (χ2n) is 7.13. The molecule has 1 aliphatic heterocycles. The van der Waals surface area contributed by atoms with E-state index in [0.29, 0.717) is 18.9 Å². The van der Waals surface area contributed by atoms with E-state index in [4.69, 9.17) is 22.1 Å². The van der Waals surface area contributed by atoms with Gasteiger partial charge in [0.2, 0.25) is 0 Å². The van der Waals surface area contributed by atoms with Crippen LogP contribution in [-0.2, 0) is 17.7 Å². The van der Waals surface area contributed by atoms with Gasteiger partial charge in [-0.1, -0.05) is 55.3 Å². The summed E-state index contributed by atoms with van der Waals surface area (Å²) in [5.41, 5.74) is 8.38. The molecule has 2 aromatic rings. The van der Waals surface area contributed by atoms with Gasteiger partial charge in [0, 0.05) is 13.0 Å². The third-order valence-electron chi connectivity index (χ3n) is 4.93. The molecule has 3 rings (SSSR count). The molecule has 1 aliphatic rings. The molecule has 0 fully saturated rings. The van der Waals surface area contributed by atoms with Gasteiger partial charge in [0.05, 0.1) is 24.7 Å². The highest BCUT2D eigenvalue weighted by Gasteiger charge is 2.22. The molecule has 7 nitrogen and oxygen atoms in total. The molecule has 0 aliphatic carbocycles. The number of unbranched alkanes of at least 4 members (excludes halogenated alkanes) is 1. The number of carbonyl (C=O) groups is 1. The fraction of sp³-hybridized carbons (Fsp3) is 0.476. The van der Waals surface area contributed by atoms with Gasteiger partial charge in [0.25, 0.3) is 0 Å².